The van der Waals surface area contributed by atoms with Crippen molar-refractivity contribution in [3.05, 3.63) is 55.1 Å². The second kappa shape index (κ2) is 14.6. The number of H-pyrrole nitrogens is 1. The van der Waals surface area contributed by atoms with Crippen molar-refractivity contribution < 1.29 is 32.7 Å². The van der Waals surface area contributed by atoms with E-state index < -0.39 is 58.1 Å². The van der Waals surface area contributed by atoms with Gasteiger partial charge in [-0.05, 0) is 64.0 Å². The van der Waals surface area contributed by atoms with Crippen molar-refractivity contribution in [1.82, 2.24) is 14.9 Å². The summed E-state index contributed by atoms with van der Waals surface area (Å²) in [6.07, 6.45) is 0.0471. The lowest BCUT2D eigenvalue weighted by atomic mass is 9.81. The zero-order valence-electron chi connectivity index (χ0n) is 31.3. The Hall–Kier alpha value is -2.79. The fourth-order valence-corrected chi connectivity index (χ4v) is 7.76. The van der Waals surface area contributed by atoms with Crippen LogP contribution in [0.4, 0.5) is 0 Å². The molecule has 270 valence electrons. The van der Waals surface area contributed by atoms with Crippen LogP contribution in [0, 0.1) is 0 Å². The van der Waals surface area contributed by atoms with E-state index >= 15 is 0 Å². The van der Waals surface area contributed by atoms with Crippen LogP contribution in [0.2, 0.25) is 36.3 Å². The molecule has 14 heteroatoms. The molecule has 0 bridgehead atoms. The molecule has 12 nitrogen and oxygen atoms in total. The first-order valence-electron chi connectivity index (χ1n) is 16.8. The van der Waals surface area contributed by atoms with Gasteiger partial charge >= 0.3 is 17.6 Å². The largest absolute Gasteiger partial charge is 0.463 e. The van der Waals surface area contributed by atoms with Gasteiger partial charge in [0.2, 0.25) is 0 Å². The third-order valence-electron chi connectivity index (χ3n) is 10.2. The molecule has 1 aromatic heterocycles. The van der Waals surface area contributed by atoms with E-state index in [1.165, 1.54) is 10.8 Å². The Balaban J connectivity index is 2.16. The fraction of sp³-hybridized carbons (Fsp3) is 0.706. The van der Waals surface area contributed by atoms with Crippen LogP contribution in [0.15, 0.2) is 38.3 Å². The number of aromatic nitrogens is 2. The maximum atomic E-state index is 13.6. The number of esters is 2. The third kappa shape index (κ3) is 8.32. The molecule has 2 aliphatic rings. The highest BCUT2D eigenvalue weighted by Crippen LogP contribution is 2.43. The topological polar surface area (TPSA) is 147 Å². The van der Waals surface area contributed by atoms with E-state index in [9.17, 15) is 19.2 Å². The molecule has 0 radical (unpaired) electrons. The first-order valence-corrected chi connectivity index (χ1v) is 22.6. The average molecular weight is 708 g/mol. The van der Waals surface area contributed by atoms with Gasteiger partial charge < -0.3 is 28.4 Å². The smallest absolute Gasteiger partial charge is 0.336 e. The second-order valence-corrected chi connectivity index (χ2v) is 25.2. The highest BCUT2D eigenvalue weighted by molar-refractivity contribution is 6.74. The number of allylic oxidation sites excluding steroid dienone is 2. The van der Waals surface area contributed by atoms with Crippen molar-refractivity contribution in [3.8, 4) is 0 Å². The van der Waals surface area contributed by atoms with Crippen LogP contribution in [0.3, 0.4) is 0 Å². The predicted octanol–water partition coefficient (Wildman–Crippen LogP) is 5.60. The van der Waals surface area contributed by atoms with Crippen molar-refractivity contribution in [2.75, 3.05) is 19.8 Å². The summed E-state index contributed by atoms with van der Waals surface area (Å²) in [4.78, 5) is 56.2. The first kappa shape index (κ1) is 39.7. The van der Waals surface area contributed by atoms with Gasteiger partial charge in [-0.3, -0.25) is 14.3 Å². The lowest BCUT2D eigenvalue weighted by molar-refractivity contribution is -0.139. The van der Waals surface area contributed by atoms with Gasteiger partial charge in [0.15, 0.2) is 16.6 Å². The number of dihydropyridines is 1. The Morgan fingerprint density at radius 3 is 1.85 bits per heavy atom. The Bertz CT molecular complexity index is 1520. The molecule has 48 heavy (non-hydrogen) atoms. The van der Waals surface area contributed by atoms with Crippen molar-refractivity contribution in [2.45, 2.75) is 136 Å². The van der Waals surface area contributed by atoms with Gasteiger partial charge in [-0.25, -0.2) is 14.4 Å². The molecule has 0 unspecified atom stereocenters. The van der Waals surface area contributed by atoms with Gasteiger partial charge in [0, 0.05) is 29.6 Å². The highest BCUT2D eigenvalue weighted by Gasteiger charge is 2.47. The number of rotatable bonds is 11. The van der Waals surface area contributed by atoms with Crippen LogP contribution in [-0.4, -0.2) is 70.2 Å². The number of carbonyl (C=O) groups excluding carboxylic acids is 2. The maximum Gasteiger partial charge on any atom is 0.336 e. The van der Waals surface area contributed by atoms with Gasteiger partial charge in [0.05, 0.1) is 43.0 Å². The van der Waals surface area contributed by atoms with Crippen molar-refractivity contribution in [2.24, 2.45) is 0 Å². The monoisotopic (exact) mass is 707 g/mol. The van der Waals surface area contributed by atoms with E-state index in [0.29, 0.717) is 17.8 Å². The van der Waals surface area contributed by atoms with E-state index in [2.05, 4.69) is 78.0 Å². The summed E-state index contributed by atoms with van der Waals surface area (Å²) in [5.74, 6) is -2.55. The summed E-state index contributed by atoms with van der Waals surface area (Å²) in [6.45, 7) is 28.8. The van der Waals surface area contributed by atoms with Crippen LogP contribution < -0.4 is 16.6 Å². The lowest BCUT2D eigenvalue weighted by Gasteiger charge is -2.40. The van der Waals surface area contributed by atoms with Gasteiger partial charge in [0.25, 0.3) is 5.56 Å². The number of carbonyl (C=O) groups is 2. The fourth-order valence-electron chi connectivity index (χ4n) is 5.39. The molecule has 3 rings (SSSR count). The third-order valence-corrected chi connectivity index (χ3v) is 19.2. The number of aromatic amines is 1. The summed E-state index contributed by atoms with van der Waals surface area (Å²) >= 11 is 0. The molecule has 1 saturated heterocycles. The van der Waals surface area contributed by atoms with Gasteiger partial charge in [-0.2, -0.15) is 0 Å². The van der Waals surface area contributed by atoms with E-state index in [0.717, 1.165) is 0 Å². The molecular formula is C34H57N3O9Si2. The molecule has 3 atom stereocenters. The molecule has 1 fully saturated rings. The predicted molar refractivity (Wildman–Crippen MR) is 190 cm³/mol. The molecule has 3 heterocycles. The molecule has 2 aliphatic heterocycles. The van der Waals surface area contributed by atoms with Crippen LogP contribution in [0.5, 0.6) is 0 Å². The Labute approximate surface area is 286 Å². The minimum absolute atomic E-state index is 0.00680. The summed E-state index contributed by atoms with van der Waals surface area (Å²) in [6, 6.07) is 0. The molecule has 0 saturated carbocycles. The quantitative estimate of drug-likeness (QED) is 0.220. The minimum Gasteiger partial charge on any atom is -0.463 e. The lowest BCUT2D eigenvalue weighted by Crippen LogP contribution is -2.48. The first-order chi connectivity index (χ1) is 22.0. The van der Waals surface area contributed by atoms with Gasteiger partial charge in [0.1, 0.15) is 12.3 Å². The molecule has 0 spiro atoms. The molecule has 0 amide bonds. The number of nitrogens with zero attached hydrogens (tertiary/aromatic N) is 1. The molecular weight excluding hydrogens is 651 g/mol. The van der Waals surface area contributed by atoms with E-state index in [4.69, 9.17) is 23.1 Å². The van der Waals surface area contributed by atoms with Crippen molar-refractivity contribution >= 4 is 28.6 Å². The second-order valence-electron chi connectivity index (χ2n) is 15.7. The van der Waals surface area contributed by atoms with Crippen LogP contribution in [0.25, 0.3) is 0 Å². The molecule has 2 N–H and O–H groups in total. The van der Waals surface area contributed by atoms with Crippen molar-refractivity contribution in [1.29, 1.82) is 0 Å². The Kier molecular flexibility index (Phi) is 12.1. The normalized spacial score (nSPS) is 21.4. The maximum absolute atomic E-state index is 13.6. The van der Waals surface area contributed by atoms with Crippen molar-refractivity contribution in [3.63, 3.8) is 0 Å². The minimum atomic E-state index is -2.28. The molecule has 0 aromatic carbocycles. The Morgan fingerprint density at radius 1 is 0.896 bits per heavy atom. The highest BCUT2D eigenvalue weighted by atomic mass is 28.4. The van der Waals surface area contributed by atoms with Crippen LogP contribution in [0.1, 0.15) is 93.4 Å². The van der Waals surface area contributed by atoms with E-state index in [1.54, 1.807) is 27.7 Å². The average Bonchev–Trinajstić information content (AvgIpc) is 3.32. The summed E-state index contributed by atoms with van der Waals surface area (Å²) in [5, 5.41) is 2.97. The summed E-state index contributed by atoms with van der Waals surface area (Å²) < 4.78 is 32.1. The zero-order chi connectivity index (χ0) is 36.6. The van der Waals surface area contributed by atoms with E-state index in [1.807, 2.05) is 0 Å². The van der Waals surface area contributed by atoms with Gasteiger partial charge in [-0.1, -0.05) is 41.5 Å². The number of nitrogens with one attached hydrogen (secondary N) is 2. The zero-order valence-corrected chi connectivity index (χ0v) is 33.3. The van der Waals surface area contributed by atoms with Crippen LogP contribution in [-0.2, 0) is 32.7 Å². The van der Waals surface area contributed by atoms with Crippen LogP contribution >= 0.6 is 0 Å². The number of hydrogen-bond donors (Lipinski definition) is 2. The Morgan fingerprint density at radius 2 is 1.40 bits per heavy atom. The van der Waals surface area contributed by atoms with E-state index in [-0.39, 0.29) is 52.7 Å². The molecule has 1 aromatic rings. The SMILES string of the molecule is CCOC(=O)C1=C(C)NC(C)=C(C(=O)OCC)C1c1cn([C@H]2C[C@H](O[Si](C)(C)C(C)(C)C)[C@@H](CO[Si](C)(C)C(C)(C)C)O2)c(=O)[nH]c1=O. The number of ether oxygens (including phenoxy) is 3. The molecule has 0 aliphatic carbocycles. The standard InChI is InChI=1S/C34H57N3O9Si2/c1-15-42-30(39)26-20(3)35-21(4)27(31(40)43-16-2)28(26)22-18-37(32(41)36-29(22)38)25-17-23(46-48(13,14)34(8,9)10)24(45-25)19-44-47(11,12)33(5,6)7/h18,23-25,28,35H,15-17,19H2,1-14H3,(H,36,38,41)/t23-,24+,25+/m0/s1. The number of hydrogen-bond acceptors (Lipinski definition) is 10. The summed E-state index contributed by atoms with van der Waals surface area (Å²) in [7, 11) is -4.44. The summed E-state index contributed by atoms with van der Waals surface area (Å²) in [5.41, 5.74) is -0.421. The van der Waals surface area contributed by atoms with Gasteiger partial charge in [-0.15, -0.1) is 0 Å².